The molecule has 1 aliphatic heterocycles. The van der Waals surface area contributed by atoms with Gasteiger partial charge in [-0.2, -0.15) is 0 Å². The number of carbonyl (C=O) groups excluding carboxylic acids is 1. The van der Waals surface area contributed by atoms with E-state index in [1.165, 1.54) is 51.4 Å². The van der Waals surface area contributed by atoms with E-state index in [1.54, 1.807) is 6.92 Å². The van der Waals surface area contributed by atoms with E-state index in [9.17, 15) is 35.4 Å². The molecule has 0 aromatic rings. The number of aliphatic hydroxyl groups is 6. The topological polar surface area (TPSA) is 169 Å². The quantitative estimate of drug-likeness (QED) is 0.0706. The zero-order chi connectivity index (χ0) is 43.9. The third-order valence-electron chi connectivity index (χ3n) is 8.38. The summed E-state index contributed by atoms with van der Waals surface area (Å²) in [4.78, 5) is 12.7. The van der Waals surface area contributed by atoms with Crippen LogP contribution in [0, 0.1) is 142 Å². The Balaban J connectivity index is 2.73. The van der Waals surface area contributed by atoms with Crippen LogP contribution < -0.4 is 5.32 Å². The van der Waals surface area contributed by atoms with Crippen LogP contribution in [0.4, 0.5) is 0 Å². The summed E-state index contributed by atoms with van der Waals surface area (Å²) >= 11 is 0. The number of carbonyl (C=O) groups is 1. The molecule has 8 atom stereocenters. The summed E-state index contributed by atoms with van der Waals surface area (Å²) in [6.07, 6.45) is 3.47. The molecule has 10 nitrogen and oxygen atoms in total. The first-order chi connectivity index (χ1) is 29.3. The van der Waals surface area contributed by atoms with Crippen molar-refractivity contribution in [1.29, 1.82) is 0 Å². The van der Waals surface area contributed by atoms with Crippen LogP contribution in [0.1, 0.15) is 97.3 Å². The predicted molar refractivity (Wildman–Crippen MR) is 228 cm³/mol. The lowest BCUT2D eigenvalue weighted by Gasteiger charge is -2.40. The Morgan fingerprint density at radius 3 is 1.40 bits per heavy atom. The van der Waals surface area contributed by atoms with Crippen molar-refractivity contribution in [3.05, 3.63) is 0 Å². The molecule has 0 aromatic heterocycles. The molecule has 310 valence electrons. The first-order valence-electron chi connectivity index (χ1n) is 19.8. The molecule has 0 radical (unpaired) electrons. The lowest BCUT2D eigenvalue weighted by atomic mass is 9.98. The number of nitrogens with one attached hydrogen (secondary N) is 1. The SMILES string of the molecule is CC#CC#CC#CC#CC#CC#CC#CC#CC#CC#CC#CC#CC(=O)N[C@@H](CO[C@H]1OC(CO)[C@@H](O)[C@H](O)C1O)[C@H](O)[C@H](O)CCCCCCCCCCCCCC. The van der Waals surface area contributed by atoms with Crippen molar-refractivity contribution in [3.63, 3.8) is 0 Å². The van der Waals surface area contributed by atoms with Crippen molar-refractivity contribution in [3.8, 4) is 142 Å². The molecular weight excluding hydrogens is 759 g/mol. The maximum Gasteiger partial charge on any atom is 0.297 e. The molecule has 1 rings (SSSR count). The van der Waals surface area contributed by atoms with E-state index in [0.717, 1.165) is 19.3 Å². The van der Waals surface area contributed by atoms with Gasteiger partial charge >= 0.3 is 0 Å². The summed E-state index contributed by atoms with van der Waals surface area (Å²) in [7, 11) is 0. The highest BCUT2D eigenvalue weighted by Gasteiger charge is 2.44. The number of unbranched alkanes of at least 4 members (excludes halogenated alkanes) is 11. The van der Waals surface area contributed by atoms with Gasteiger partial charge in [-0.15, -0.1) is 0 Å². The minimum Gasteiger partial charge on any atom is -0.394 e. The van der Waals surface area contributed by atoms with Crippen LogP contribution in [0.2, 0.25) is 0 Å². The smallest absolute Gasteiger partial charge is 0.297 e. The van der Waals surface area contributed by atoms with Crippen LogP contribution in [0.5, 0.6) is 0 Å². The lowest BCUT2D eigenvalue weighted by molar-refractivity contribution is -0.303. The number of ether oxygens (including phenoxy) is 2. The molecule has 0 aliphatic carbocycles. The van der Waals surface area contributed by atoms with E-state index in [2.05, 4.69) is 154 Å². The first-order valence-corrected chi connectivity index (χ1v) is 19.8. The molecule has 0 bridgehead atoms. The first kappa shape index (κ1) is 51.9. The van der Waals surface area contributed by atoms with Gasteiger partial charge in [0.05, 0.1) is 25.4 Å². The van der Waals surface area contributed by atoms with Crippen molar-refractivity contribution < 1.29 is 44.9 Å². The van der Waals surface area contributed by atoms with E-state index < -0.39 is 68.1 Å². The molecule has 60 heavy (non-hydrogen) atoms. The fraction of sp³-hybridized carbons (Fsp3) is 0.500. The summed E-state index contributed by atoms with van der Waals surface area (Å²) < 4.78 is 10.9. The largest absolute Gasteiger partial charge is 0.394 e. The second kappa shape index (κ2) is 36.0. The van der Waals surface area contributed by atoms with Gasteiger partial charge in [-0.05, 0) is 108 Å². The zero-order valence-electron chi connectivity index (χ0n) is 34.1. The molecule has 2 unspecified atom stereocenters. The van der Waals surface area contributed by atoms with Gasteiger partial charge in [0.1, 0.15) is 30.5 Å². The van der Waals surface area contributed by atoms with E-state index >= 15 is 0 Å². The Morgan fingerprint density at radius 1 is 0.583 bits per heavy atom. The van der Waals surface area contributed by atoms with Crippen LogP contribution in [0.15, 0.2) is 0 Å². The van der Waals surface area contributed by atoms with E-state index in [4.69, 9.17) is 9.47 Å². The van der Waals surface area contributed by atoms with Crippen LogP contribution in [0.25, 0.3) is 0 Å². The molecule has 0 spiro atoms. The minimum absolute atomic E-state index is 0.259. The van der Waals surface area contributed by atoms with Crippen molar-refractivity contribution in [1.82, 2.24) is 5.32 Å². The Hall–Kier alpha value is -6.13. The van der Waals surface area contributed by atoms with Gasteiger partial charge in [0, 0.05) is 41.4 Å². The second-order valence-electron chi connectivity index (χ2n) is 13.0. The highest BCUT2D eigenvalue weighted by Crippen LogP contribution is 2.23. The fourth-order valence-electron chi connectivity index (χ4n) is 5.24. The van der Waals surface area contributed by atoms with Crippen molar-refractivity contribution in [2.24, 2.45) is 0 Å². The predicted octanol–water partition coefficient (Wildman–Crippen LogP) is 1.16. The summed E-state index contributed by atoms with van der Waals surface area (Å²) in [6.45, 7) is 2.73. The van der Waals surface area contributed by atoms with E-state index in [0.29, 0.717) is 6.42 Å². The average Bonchev–Trinajstić information content (AvgIpc) is 3.25. The van der Waals surface area contributed by atoms with Crippen LogP contribution in [-0.2, 0) is 14.3 Å². The highest BCUT2D eigenvalue weighted by atomic mass is 16.7. The van der Waals surface area contributed by atoms with E-state index in [1.807, 2.05) is 0 Å². The fourth-order valence-corrected chi connectivity index (χ4v) is 5.24. The average molecular weight is 810 g/mol. The van der Waals surface area contributed by atoms with Crippen molar-refractivity contribution in [2.75, 3.05) is 13.2 Å². The van der Waals surface area contributed by atoms with Gasteiger partial charge in [0.2, 0.25) is 0 Å². The number of hydrogen-bond donors (Lipinski definition) is 7. The number of rotatable bonds is 20. The van der Waals surface area contributed by atoms with Crippen molar-refractivity contribution in [2.45, 2.75) is 146 Å². The molecular formula is C50H51NO9. The van der Waals surface area contributed by atoms with Crippen LogP contribution >= 0.6 is 0 Å². The van der Waals surface area contributed by atoms with Gasteiger partial charge in [-0.3, -0.25) is 4.79 Å². The van der Waals surface area contributed by atoms with Gasteiger partial charge in [-0.25, -0.2) is 0 Å². The Morgan fingerprint density at radius 2 is 0.983 bits per heavy atom. The highest BCUT2D eigenvalue weighted by molar-refractivity contribution is 5.94. The van der Waals surface area contributed by atoms with Crippen LogP contribution in [-0.4, -0.2) is 98.7 Å². The van der Waals surface area contributed by atoms with Crippen molar-refractivity contribution >= 4 is 5.91 Å². The standard InChI is InChI=1S/C50H51NO9/c1-3-5-7-9-11-13-15-17-18-19-20-21-22-23-24-25-26-27-29-31-33-35-37-39-45(54)51-42(41-59-50-49(58)48(57)47(56)44(40-52)60-50)46(55)43(53)38-36-34-32-30-28-16-14-12-10-8-6-4-2/h42-44,46-50,52-53,55-58H,4,6,8,10,12,14,16,28,30,32,34,36,38,40-41H2,1-2H3,(H,51,54)/t42-,43+,44?,46-,47+,48-,49?,50-/m0/s1. The number of hydrogen-bond acceptors (Lipinski definition) is 9. The molecule has 7 N–H and O–H groups in total. The third-order valence-corrected chi connectivity index (χ3v) is 8.38. The molecule has 1 aliphatic rings. The number of amides is 1. The molecule has 1 heterocycles. The summed E-state index contributed by atoms with van der Waals surface area (Å²) in [5, 5.41) is 64.3. The monoisotopic (exact) mass is 809 g/mol. The lowest BCUT2D eigenvalue weighted by Crippen LogP contribution is -2.60. The Bertz CT molecular complexity index is 2140. The summed E-state index contributed by atoms with van der Waals surface area (Å²) in [6, 6.07) is -1.23. The normalized spacial score (nSPS) is 17.8. The van der Waals surface area contributed by atoms with Gasteiger partial charge in [0.15, 0.2) is 6.29 Å². The minimum atomic E-state index is -1.70. The van der Waals surface area contributed by atoms with Gasteiger partial charge < -0.3 is 45.4 Å². The molecule has 0 aromatic carbocycles. The third kappa shape index (κ3) is 26.0. The Labute approximate surface area is 356 Å². The molecule has 0 saturated carbocycles. The molecule has 10 heteroatoms. The maximum absolute atomic E-state index is 12.7. The summed E-state index contributed by atoms with van der Waals surface area (Å²) in [5.74, 6) is 58.4. The molecule has 1 amide bonds. The molecule has 1 fully saturated rings. The number of aliphatic hydroxyl groups excluding tert-OH is 6. The van der Waals surface area contributed by atoms with Gasteiger partial charge in [0.25, 0.3) is 5.91 Å². The Kier molecular flexibility index (Phi) is 31.1. The van der Waals surface area contributed by atoms with E-state index in [-0.39, 0.29) is 6.42 Å². The van der Waals surface area contributed by atoms with Crippen LogP contribution in [0.3, 0.4) is 0 Å². The zero-order valence-corrected chi connectivity index (χ0v) is 34.1. The maximum atomic E-state index is 12.7. The molecule has 1 saturated heterocycles. The second-order valence-corrected chi connectivity index (χ2v) is 13.0. The summed E-state index contributed by atoms with van der Waals surface area (Å²) in [5.41, 5.74) is 0. The van der Waals surface area contributed by atoms with Gasteiger partial charge in [-0.1, -0.05) is 89.9 Å².